The van der Waals surface area contributed by atoms with Crippen molar-refractivity contribution in [2.24, 2.45) is 11.8 Å². The number of carbonyl (C=O) groups is 1. The topological polar surface area (TPSA) is 73.3 Å². The third-order valence-electron chi connectivity index (χ3n) is 4.30. The lowest BCUT2D eigenvalue weighted by molar-refractivity contribution is -0.154. The Morgan fingerprint density at radius 2 is 1.96 bits per heavy atom. The number of para-hydroxylation sites is 1. The number of nitrogens with one attached hydrogen (secondary N) is 1. The quantitative estimate of drug-likeness (QED) is 0.742. The highest BCUT2D eigenvalue weighted by Gasteiger charge is 2.43. The molecule has 1 N–H and O–H groups in total. The van der Waals surface area contributed by atoms with Crippen LogP contribution in [0.5, 0.6) is 11.6 Å². The average Bonchev–Trinajstić information content (AvgIpc) is 3.45. The van der Waals surface area contributed by atoms with Crippen LogP contribution in [0.25, 0.3) is 0 Å². The predicted octanol–water partition coefficient (Wildman–Crippen LogP) is 3.31. The van der Waals surface area contributed by atoms with Gasteiger partial charge in [-0.1, -0.05) is 18.2 Å². The minimum Gasteiger partial charge on any atom is -0.493 e. The first-order chi connectivity index (χ1) is 13.3. The molecule has 3 atom stereocenters. The fourth-order valence-corrected chi connectivity index (χ4v) is 2.65. The second-order valence-corrected chi connectivity index (χ2v) is 6.64. The number of hydrogen-bond acceptors (Lipinski definition) is 5. The van der Waals surface area contributed by atoms with Crippen LogP contribution in [-0.2, 0) is 4.79 Å². The first kappa shape index (κ1) is 19.9. The van der Waals surface area contributed by atoms with Crippen molar-refractivity contribution >= 4 is 5.91 Å². The highest BCUT2D eigenvalue weighted by atomic mass is 19.4. The van der Waals surface area contributed by atoms with E-state index in [0.29, 0.717) is 12.3 Å². The van der Waals surface area contributed by atoms with Gasteiger partial charge in [0.25, 0.3) is 0 Å². The van der Waals surface area contributed by atoms with Crippen LogP contribution in [0.2, 0.25) is 0 Å². The molecule has 1 unspecified atom stereocenters. The van der Waals surface area contributed by atoms with E-state index in [1.807, 2.05) is 30.3 Å². The van der Waals surface area contributed by atoms with Crippen molar-refractivity contribution in [2.75, 3.05) is 13.2 Å². The highest BCUT2D eigenvalue weighted by molar-refractivity contribution is 5.81. The van der Waals surface area contributed by atoms with Crippen LogP contribution in [-0.4, -0.2) is 35.3 Å². The SMILES string of the molecule is CC(NC(=O)[C@H]1C[C@@H]1COc1ccccc1)c1cnc(OCC(F)(F)F)cn1. The average molecular weight is 395 g/mol. The Labute approximate surface area is 160 Å². The third-order valence-corrected chi connectivity index (χ3v) is 4.30. The van der Waals surface area contributed by atoms with Gasteiger partial charge in [-0.05, 0) is 25.5 Å². The standard InChI is InChI=1S/C19H20F3N3O3/c1-12(16-8-24-17(9-23-16)28-11-19(20,21)22)25-18(26)15-7-13(15)10-27-14-5-3-2-4-6-14/h2-6,8-9,12-13,15H,7,10-11H2,1H3,(H,25,26)/t12?,13-,15+/m1/s1. The molecule has 3 rings (SSSR count). The van der Waals surface area contributed by atoms with E-state index >= 15 is 0 Å². The van der Waals surface area contributed by atoms with Gasteiger partial charge in [-0.3, -0.25) is 9.78 Å². The van der Waals surface area contributed by atoms with Crippen molar-refractivity contribution < 1.29 is 27.4 Å². The molecule has 1 heterocycles. The fraction of sp³-hybridized carbons (Fsp3) is 0.421. The molecule has 28 heavy (non-hydrogen) atoms. The highest BCUT2D eigenvalue weighted by Crippen LogP contribution is 2.39. The number of benzene rings is 1. The maximum Gasteiger partial charge on any atom is 0.422 e. The Balaban J connectivity index is 1.43. The molecule has 1 aliphatic rings. The maximum absolute atomic E-state index is 12.3. The minimum absolute atomic E-state index is 0.103. The molecule has 1 aromatic carbocycles. The van der Waals surface area contributed by atoms with E-state index in [0.717, 1.165) is 18.4 Å². The molecule has 0 radical (unpaired) electrons. The molecule has 1 amide bonds. The smallest absolute Gasteiger partial charge is 0.422 e. The summed E-state index contributed by atoms with van der Waals surface area (Å²) in [4.78, 5) is 20.1. The Morgan fingerprint density at radius 3 is 2.61 bits per heavy atom. The molecule has 1 aromatic heterocycles. The number of halogens is 3. The predicted molar refractivity (Wildman–Crippen MR) is 93.7 cm³/mol. The van der Waals surface area contributed by atoms with Gasteiger partial charge in [0.1, 0.15) is 5.75 Å². The number of alkyl halides is 3. The summed E-state index contributed by atoms with van der Waals surface area (Å²) in [6, 6.07) is 8.97. The van der Waals surface area contributed by atoms with E-state index < -0.39 is 18.8 Å². The van der Waals surface area contributed by atoms with Crippen LogP contribution < -0.4 is 14.8 Å². The van der Waals surface area contributed by atoms with Crippen molar-refractivity contribution in [3.05, 3.63) is 48.4 Å². The van der Waals surface area contributed by atoms with Gasteiger partial charge in [0.2, 0.25) is 11.8 Å². The monoisotopic (exact) mass is 395 g/mol. The number of hydrogen-bond donors (Lipinski definition) is 1. The molecule has 1 aliphatic carbocycles. The van der Waals surface area contributed by atoms with E-state index in [2.05, 4.69) is 20.0 Å². The molecule has 0 bridgehead atoms. The summed E-state index contributed by atoms with van der Waals surface area (Å²) < 4.78 is 46.6. The van der Waals surface area contributed by atoms with Crippen LogP contribution in [0, 0.1) is 11.8 Å². The molecule has 2 aromatic rings. The molecular formula is C19H20F3N3O3. The van der Waals surface area contributed by atoms with Crippen LogP contribution in [0.15, 0.2) is 42.7 Å². The van der Waals surface area contributed by atoms with E-state index in [-0.39, 0.29) is 23.6 Å². The molecule has 150 valence electrons. The fourth-order valence-electron chi connectivity index (χ4n) is 2.65. The van der Waals surface area contributed by atoms with Crippen molar-refractivity contribution in [3.8, 4) is 11.6 Å². The molecular weight excluding hydrogens is 375 g/mol. The van der Waals surface area contributed by atoms with Crippen LogP contribution in [0.3, 0.4) is 0 Å². The van der Waals surface area contributed by atoms with E-state index in [4.69, 9.17) is 4.74 Å². The summed E-state index contributed by atoms with van der Waals surface area (Å²) in [5, 5.41) is 2.84. The van der Waals surface area contributed by atoms with Gasteiger partial charge in [0.15, 0.2) is 6.61 Å². The second kappa shape index (κ2) is 8.45. The summed E-state index contributed by atoms with van der Waals surface area (Å²) in [6.07, 6.45) is -1.29. The Kier molecular flexibility index (Phi) is 6.01. The van der Waals surface area contributed by atoms with E-state index in [1.165, 1.54) is 6.20 Å². The Bertz CT molecular complexity index is 785. The number of carbonyl (C=O) groups excluding carboxylic acids is 1. The number of aromatic nitrogens is 2. The number of amides is 1. The molecule has 0 spiro atoms. The first-order valence-corrected chi connectivity index (χ1v) is 8.81. The van der Waals surface area contributed by atoms with Crippen LogP contribution in [0.4, 0.5) is 13.2 Å². The molecule has 1 fully saturated rings. The van der Waals surface area contributed by atoms with Gasteiger partial charge in [-0.25, -0.2) is 4.98 Å². The lowest BCUT2D eigenvalue weighted by Crippen LogP contribution is -2.29. The summed E-state index contributed by atoms with van der Waals surface area (Å²) in [7, 11) is 0. The van der Waals surface area contributed by atoms with Gasteiger partial charge in [0, 0.05) is 11.8 Å². The molecule has 0 aliphatic heterocycles. The first-order valence-electron chi connectivity index (χ1n) is 8.81. The molecule has 9 heteroatoms. The van der Waals surface area contributed by atoms with Crippen molar-refractivity contribution in [3.63, 3.8) is 0 Å². The largest absolute Gasteiger partial charge is 0.493 e. The minimum atomic E-state index is -4.44. The van der Waals surface area contributed by atoms with Crippen molar-refractivity contribution in [2.45, 2.75) is 25.6 Å². The van der Waals surface area contributed by atoms with Gasteiger partial charge < -0.3 is 14.8 Å². The summed E-state index contributed by atoms with van der Waals surface area (Å²) >= 11 is 0. The zero-order chi connectivity index (χ0) is 20.1. The van der Waals surface area contributed by atoms with Gasteiger partial charge in [-0.15, -0.1) is 0 Å². The van der Waals surface area contributed by atoms with E-state index in [1.54, 1.807) is 6.92 Å². The van der Waals surface area contributed by atoms with Crippen molar-refractivity contribution in [1.82, 2.24) is 15.3 Å². The Hall–Kier alpha value is -2.84. The summed E-state index contributed by atoms with van der Waals surface area (Å²) in [5.74, 6) is 0.489. The second-order valence-electron chi connectivity index (χ2n) is 6.64. The summed E-state index contributed by atoms with van der Waals surface area (Å²) in [5.41, 5.74) is 0.436. The maximum atomic E-state index is 12.3. The van der Waals surface area contributed by atoms with Gasteiger partial charge in [-0.2, -0.15) is 13.2 Å². The molecule has 0 saturated heterocycles. The number of rotatable bonds is 8. The van der Waals surface area contributed by atoms with E-state index in [9.17, 15) is 18.0 Å². The Morgan fingerprint density at radius 1 is 1.21 bits per heavy atom. The normalized spacial score (nSPS) is 19.6. The zero-order valence-corrected chi connectivity index (χ0v) is 15.1. The third kappa shape index (κ3) is 5.83. The molecule has 1 saturated carbocycles. The lowest BCUT2D eigenvalue weighted by atomic mass is 10.2. The van der Waals surface area contributed by atoms with Crippen LogP contribution in [0.1, 0.15) is 25.1 Å². The zero-order valence-electron chi connectivity index (χ0n) is 15.1. The lowest BCUT2D eigenvalue weighted by Gasteiger charge is -2.14. The van der Waals surface area contributed by atoms with Crippen LogP contribution >= 0.6 is 0 Å². The number of ether oxygens (including phenoxy) is 2. The summed E-state index contributed by atoms with van der Waals surface area (Å²) in [6.45, 7) is 0.777. The van der Waals surface area contributed by atoms with Gasteiger partial charge >= 0.3 is 6.18 Å². The van der Waals surface area contributed by atoms with Crippen molar-refractivity contribution in [1.29, 1.82) is 0 Å². The number of nitrogens with zero attached hydrogens (tertiary/aromatic N) is 2. The molecule has 6 nitrogen and oxygen atoms in total. The van der Waals surface area contributed by atoms with Gasteiger partial charge in [0.05, 0.1) is 30.7 Å².